The molecule has 10 heteroatoms. The number of anilines is 1. The minimum absolute atomic E-state index is 0.0438. The van der Waals surface area contributed by atoms with Gasteiger partial charge in [0.2, 0.25) is 5.91 Å². The molecular weight excluding hydrogens is 491 g/mol. The molecule has 0 heterocycles. The zero-order valence-corrected chi connectivity index (χ0v) is 19.1. The highest BCUT2D eigenvalue weighted by Crippen LogP contribution is 2.38. The highest BCUT2D eigenvalue weighted by Gasteiger charge is 2.43. The fourth-order valence-electron chi connectivity index (χ4n) is 3.56. The van der Waals surface area contributed by atoms with Crippen molar-refractivity contribution in [2.75, 3.05) is 5.32 Å². The maximum atomic E-state index is 12.9. The Morgan fingerprint density at radius 1 is 0.941 bits per heavy atom. The van der Waals surface area contributed by atoms with Gasteiger partial charge in [0.15, 0.2) is 9.84 Å². The maximum Gasteiger partial charge on any atom is 0.416 e. The van der Waals surface area contributed by atoms with Crippen LogP contribution in [0.3, 0.4) is 0 Å². The molecule has 1 saturated carbocycles. The highest BCUT2D eigenvalue weighted by molar-refractivity contribution is 7.92. The minimum Gasteiger partial charge on any atom is -0.457 e. The van der Waals surface area contributed by atoms with Crippen LogP contribution in [-0.4, -0.2) is 19.6 Å². The zero-order valence-electron chi connectivity index (χ0n) is 17.6. The zero-order chi connectivity index (χ0) is 24.5. The Labute approximate surface area is 199 Å². The van der Waals surface area contributed by atoms with Crippen LogP contribution in [0.1, 0.15) is 18.4 Å². The lowest BCUT2D eigenvalue weighted by Gasteiger charge is -2.33. The van der Waals surface area contributed by atoms with E-state index in [1.54, 1.807) is 48.5 Å². The minimum atomic E-state index is -4.64. The van der Waals surface area contributed by atoms with E-state index < -0.39 is 32.7 Å². The predicted molar refractivity (Wildman–Crippen MR) is 122 cm³/mol. The highest BCUT2D eigenvalue weighted by atomic mass is 35.5. The number of amides is 1. The van der Waals surface area contributed by atoms with Gasteiger partial charge in [-0.25, -0.2) is 8.42 Å². The first-order valence-electron chi connectivity index (χ1n) is 10.3. The van der Waals surface area contributed by atoms with Crippen LogP contribution in [0.5, 0.6) is 11.5 Å². The van der Waals surface area contributed by atoms with Crippen LogP contribution < -0.4 is 10.1 Å². The Morgan fingerprint density at radius 3 is 2.12 bits per heavy atom. The summed E-state index contributed by atoms with van der Waals surface area (Å²) in [5.74, 6) is 0.261. The molecule has 0 atom stereocenters. The van der Waals surface area contributed by atoms with Gasteiger partial charge >= 0.3 is 6.18 Å². The molecule has 3 aromatic rings. The summed E-state index contributed by atoms with van der Waals surface area (Å²) in [5, 5.41) is 2.42. The third-order valence-electron chi connectivity index (χ3n) is 5.57. The summed E-state index contributed by atoms with van der Waals surface area (Å²) in [4.78, 5) is 12.1. The summed E-state index contributed by atoms with van der Waals surface area (Å²) in [5.41, 5.74) is -0.511. The Bertz CT molecular complexity index is 1290. The number of carbonyl (C=O) groups is 1. The number of nitrogens with one attached hydrogen (secondary N) is 1. The molecule has 4 rings (SSSR count). The molecule has 34 heavy (non-hydrogen) atoms. The van der Waals surface area contributed by atoms with Crippen molar-refractivity contribution in [1.82, 2.24) is 0 Å². The van der Waals surface area contributed by atoms with Crippen molar-refractivity contribution in [2.45, 2.75) is 29.2 Å². The van der Waals surface area contributed by atoms with E-state index >= 15 is 0 Å². The van der Waals surface area contributed by atoms with Crippen LogP contribution in [0.25, 0.3) is 0 Å². The number of hydrogen-bond donors (Lipinski definition) is 1. The van der Waals surface area contributed by atoms with Gasteiger partial charge in [-0.3, -0.25) is 4.79 Å². The van der Waals surface area contributed by atoms with Crippen molar-refractivity contribution in [1.29, 1.82) is 0 Å². The second-order valence-corrected chi connectivity index (χ2v) is 10.6. The van der Waals surface area contributed by atoms with E-state index in [1.807, 2.05) is 0 Å². The van der Waals surface area contributed by atoms with Crippen LogP contribution >= 0.6 is 11.6 Å². The fraction of sp³-hybridized carbons (Fsp3) is 0.208. The van der Waals surface area contributed by atoms with Gasteiger partial charge in [-0.05, 0) is 79.6 Å². The van der Waals surface area contributed by atoms with Crippen molar-refractivity contribution >= 4 is 33.0 Å². The Hall–Kier alpha value is -3.04. The molecule has 1 aliphatic rings. The lowest BCUT2D eigenvalue weighted by molar-refractivity contribution is -0.137. The first kappa shape index (κ1) is 24.1. The largest absolute Gasteiger partial charge is 0.457 e. The van der Waals surface area contributed by atoms with E-state index in [0.717, 1.165) is 18.2 Å². The molecular formula is C24H19ClF3NO4S. The number of ether oxygens (including phenoxy) is 1. The monoisotopic (exact) mass is 509 g/mol. The molecule has 1 amide bonds. The Morgan fingerprint density at radius 2 is 1.53 bits per heavy atom. The van der Waals surface area contributed by atoms with Crippen LogP contribution in [-0.2, 0) is 20.8 Å². The van der Waals surface area contributed by atoms with Gasteiger partial charge in [0.1, 0.15) is 11.5 Å². The van der Waals surface area contributed by atoms with Crippen LogP contribution in [0, 0.1) is 5.92 Å². The quantitative estimate of drug-likeness (QED) is 0.420. The smallest absolute Gasteiger partial charge is 0.416 e. The first-order valence-corrected chi connectivity index (χ1v) is 12.2. The number of rotatable bonds is 6. The van der Waals surface area contributed by atoms with Crippen LogP contribution in [0.2, 0.25) is 5.02 Å². The maximum absolute atomic E-state index is 12.9. The third kappa shape index (κ3) is 5.37. The molecule has 0 saturated heterocycles. The van der Waals surface area contributed by atoms with Crippen LogP contribution in [0.15, 0.2) is 77.7 Å². The number of alkyl halides is 3. The van der Waals surface area contributed by atoms with Gasteiger partial charge in [-0.1, -0.05) is 17.7 Å². The van der Waals surface area contributed by atoms with E-state index in [-0.39, 0.29) is 23.6 Å². The molecule has 0 spiro atoms. The molecule has 0 aromatic heterocycles. The summed E-state index contributed by atoms with van der Waals surface area (Å²) in [6.45, 7) is 0. The van der Waals surface area contributed by atoms with E-state index in [2.05, 4.69) is 5.32 Å². The standard InChI is InChI=1S/C24H19ClF3NO4S/c25-17-4-8-19(9-5-17)33-20-10-6-18(7-11-20)29-23(30)15-12-22(13-15)34(31,32)21-3-1-2-16(14-21)24(26,27)28/h1-11,14-15,22H,12-13H2,(H,29,30). The van der Waals surface area contributed by atoms with Crippen molar-refractivity contribution in [2.24, 2.45) is 5.92 Å². The summed E-state index contributed by atoms with van der Waals surface area (Å²) in [7, 11) is -3.97. The number of benzene rings is 3. The van der Waals surface area contributed by atoms with Crippen LogP contribution in [0.4, 0.5) is 18.9 Å². The topological polar surface area (TPSA) is 72.5 Å². The molecule has 0 unspecified atom stereocenters. The Balaban J connectivity index is 1.33. The average molecular weight is 510 g/mol. The molecule has 0 bridgehead atoms. The SMILES string of the molecule is O=C(Nc1ccc(Oc2ccc(Cl)cc2)cc1)C1CC(S(=O)(=O)c2cccc(C(F)(F)F)c2)C1. The van der Waals surface area contributed by atoms with Gasteiger partial charge in [0.25, 0.3) is 0 Å². The molecule has 0 aliphatic heterocycles. The molecule has 1 aliphatic carbocycles. The molecule has 1 N–H and O–H groups in total. The molecule has 3 aromatic carbocycles. The second kappa shape index (κ2) is 9.31. The predicted octanol–water partition coefficient (Wildman–Crippen LogP) is 6.34. The van der Waals surface area contributed by atoms with Gasteiger partial charge in [0.05, 0.1) is 15.7 Å². The van der Waals surface area contributed by atoms with E-state index in [0.29, 0.717) is 28.3 Å². The summed E-state index contributed by atoms with van der Waals surface area (Å²) >= 11 is 5.84. The molecule has 1 fully saturated rings. The van der Waals surface area contributed by atoms with Crippen molar-refractivity contribution in [3.63, 3.8) is 0 Å². The number of sulfone groups is 1. The van der Waals surface area contributed by atoms with Crippen molar-refractivity contribution < 1.29 is 31.1 Å². The Kier molecular flexibility index (Phi) is 6.60. The summed E-state index contributed by atoms with van der Waals surface area (Å²) in [6, 6.07) is 17.2. The molecule has 0 radical (unpaired) electrons. The number of halogens is 4. The van der Waals surface area contributed by atoms with Gasteiger partial charge in [-0.2, -0.15) is 13.2 Å². The number of carbonyl (C=O) groups excluding carboxylic acids is 1. The van der Waals surface area contributed by atoms with Crippen molar-refractivity contribution in [3.8, 4) is 11.5 Å². The fourth-order valence-corrected chi connectivity index (χ4v) is 5.61. The van der Waals surface area contributed by atoms with E-state index in [1.165, 1.54) is 0 Å². The summed E-state index contributed by atoms with van der Waals surface area (Å²) in [6.07, 6.45) is -4.55. The molecule has 178 valence electrons. The van der Waals surface area contributed by atoms with Crippen molar-refractivity contribution in [3.05, 3.63) is 83.4 Å². The van der Waals surface area contributed by atoms with Gasteiger partial charge < -0.3 is 10.1 Å². The van der Waals surface area contributed by atoms with E-state index in [4.69, 9.17) is 16.3 Å². The first-order chi connectivity index (χ1) is 16.0. The normalized spacial score (nSPS) is 18.1. The second-order valence-electron chi connectivity index (χ2n) is 7.93. The van der Waals surface area contributed by atoms with E-state index in [9.17, 15) is 26.4 Å². The summed E-state index contributed by atoms with van der Waals surface area (Å²) < 4.78 is 69.8. The molecule has 5 nitrogen and oxygen atoms in total. The lowest BCUT2D eigenvalue weighted by Crippen LogP contribution is -2.42. The third-order valence-corrected chi connectivity index (χ3v) is 7.99. The van der Waals surface area contributed by atoms with Gasteiger partial charge in [-0.15, -0.1) is 0 Å². The number of hydrogen-bond acceptors (Lipinski definition) is 4. The van der Waals surface area contributed by atoms with Gasteiger partial charge in [0, 0.05) is 16.6 Å². The average Bonchev–Trinajstić information content (AvgIpc) is 2.75. The lowest BCUT2D eigenvalue weighted by atomic mass is 9.84.